The summed E-state index contributed by atoms with van der Waals surface area (Å²) in [6.07, 6.45) is 3.24. The van der Waals surface area contributed by atoms with Crippen LogP contribution < -0.4 is 10.5 Å². The van der Waals surface area contributed by atoms with Crippen LogP contribution in [0.5, 0.6) is 0 Å². The molecule has 0 fully saturated rings. The monoisotopic (exact) mass is 294 g/mol. The third-order valence-electron chi connectivity index (χ3n) is 3.23. The fourth-order valence-corrected chi connectivity index (χ4v) is 3.68. The van der Waals surface area contributed by atoms with Crippen molar-refractivity contribution < 1.29 is 8.42 Å². The molecule has 1 heterocycles. The van der Waals surface area contributed by atoms with Gasteiger partial charge in [0.1, 0.15) is 4.90 Å². The van der Waals surface area contributed by atoms with Gasteiger partial charge in [0.2, 0.25) is 10.0 Å². The van der Waals surface area contributed by atoms with Gasteiger partial charge in [-0.25, -0.2) is 13.1 Å². The normalized spacial score (nSPS) is 13.3. The van der Waals surface area contributed by atoms with Gasteiger partial charge in [0.25, 0.3) is 0 Å². The van der Waals surface area contributed by atoms with E-state index in [9.17, 15) is 8.42 Å². The molecule has 0 saturated carbocycles. The highest BCUT2D eigenvalue weighted by Gasteiger charge is 2.24. The number of aromatic amines is 1. The zero-order chi connectivity index (χ0) is 14.9. The Kier molecular flexibility index (Phi) is 3.82. The highest BCUT2D eigenvalue weighted by molar-refractivity contribution is 7.89. The predicted octanol–water partition coefficient (Wildman–Crippen LogP) is 1.65. The molecular weight excluding hydrogens is 276 g/mol. The minimum Gasteiger partial charge on any atom is -0.397 e. The molecule has 20 heavy (non-hydrogen) atoms. The summed E-state index contributed by atoms with van der Waals surface area (Å²) in [6.45, 7) is 5.27. The zero-order valence-electron chi connectivity index (χ0n) is 11.6. The van der Waals surface area contributed by atoms with Gasteiger partial charge in [-0.15, -0.1) is 0 Å². The molecule has 108 valence electrons. The van der Waals surface area contributed by atoms with Gasteiger partial charge >= 0.3 is 0 Å². The SMILES string of the molecule is Cc1ccc(C)c(S(=O)(=O)NC(C)c2cn[nH]c2)c1N. The van der Waals surface area contributed by atoms with Crippen LogP contribution in [0.3, 0.4) is 0 Å². The first-order valence-corrected chi connectivity index (χ1v) is 7.68. The van der Waals surface area contributed by atoms with Crippen LogP contribution in [0, 0.1) is 13.8 Å². The fraction of sp³-hybridized carbons (Fsp3) is 0.308. The van der Waals surface area contributed by atoms with Crippen LogP contribution >= 0.6 is 0 Å². The lowest BCUT2D eigenvalue weighted by atomic mass is 10.1. The Bertz CT molecular complexity index is 708. The third-order valence-corrected chi connectivity index (χ3v) is 4.97. The first-order valence-electron chi connectivity index (χ1n) is 6.19. The maximum Gasteiger partial charge on any atom is 0.243 e. The van der Waals surface area contributed by atoms with Gasteiger partial charge in [0.05, 0.1) is 11.9 Å². The van der Waals surface area contributed by atoms with Crippen LogP contribution in [0.4, 0.5) is 5.69 Å². The van der Waals surface area contributed by atoms with Crippen LogP contribution in [0.1, 0.15) is 29.7 Å². The lowest BCUT2D eigenvalue weighted by Crippen LogP contribution is -2.28. The summed E-state index contributed by atoms with van der Waals surface area (Å²) in [4.78, 5) is 0.146. The summed E-state index contributed by atoms with van der Waals surface area (Å²) in [7, 11) is -3.69. The van der Waals surface area contributed by atoms with Crippen LogP contribution in [-0.4, -0.2) is 18.6 Å². The Morgan fingerprint density at radius 3 is 2.55 bits per heavy atom. The van der Waals surface area contributed by atoms with Crippen LogP contribution in [0.2, 0.25) is 0 Å². The Morgan fingerprint density at radius 1 is 1.30 bits per heavy atom. The number of hydrogen-bond acceptors (Lipinski definition) is 4. The number of rotatable bonds is 4. The molecule has 1 atom stereocenters. The van der Waals surface area contributed by atoms with Gasteiger partial charge in [-0.3, -0.25) is 5.10 Å². The summed E-state index contributed by atoms with van der Waals surface area (Å²) in [6, 6.07) is 3.17. The molecule has 0 bridgehead atoms. The molecule has 0 radical (unpaired) electrons. The molecule has 0 spiro atoms. The van der Waals surface area contributed by atoms with E-state index in [0.29, 0.717) is 5.56 Å². The van der Waals surface area contributed by atoms with Crippen LogP contribution in [0.15, 0.2) is 29.4 Å². The smallest absolute Gasteiger partial charge is 0.243 e. The number of nitrogens with zero attached hydrogens (tertiary/aromatic N) is 1. The Morgan fingerprint density at radius 2 is 1.95 bits per heavy atom. The van der Waals surface area contributed by atoms with Crippen LogP contribution in [-0.2, 0) is 10.0 Å². The summed E-state index contributed by atoms with van der Waals surface area (Å²) in [5.74, 6) is 0. The topological polar surface area (TPSA) is 101 Å². The second kappa shape index (κ2) is 5.26. The minimum absolute atomic E-state index is 0.146. The van der Waals surface area contributed by atoms with Crippen LogP contribution in [0.25, 0.3) is 0 Å². The molecule has 0 saturated heterocycles. The van der Waals surface area contributed by atoms with Crippen molar-refractivity contribution >= 4 is 15.7 Å². The molecule has 4 N–H and O–H groups in total. The number of anilines is 1. The molecule has 1 aromatic carbocycles. The summed E-state index contributed by atoms with van der Waals surface area (Å²) in [5.41, 5.74) is 8.34. The van der Waals surface area contributed by atoms with Crippen molar-refractivity contribution in [3.63, 3.8) is 0 Å². The number of sulfonamides is 1. The van der Waals surface area contributed by atoms with Crippen molar-refractivity contribution in [2.24, 2.45) is 0 Å². The number of aryl methyl sites for hydroxylation is 2. The Balaban J connectivity index is 2.39. The van der Waals surface area contributed by atoms with E-state index in [-0.39, 0.29) is 10.6 Å². The van der Waals surface area contributed by atoms with E-state index < -0.39 is 16.1 Å². The summed E-state index contributed by atoms with van der Waals surface area (Å²) in [5, 5.41) is 6.47. The maximum atomic E-state index is 12.5. The highest BCUT2D eigenvalue weighted by Crippen LogP contribution is 2.27. The molecule has 1 unspecified atom stereocenters. The van der Waals surface area contributed by atoms with E-state index in [4.69, 9.17) is 5.73 Å². The first kappa shape index (κ1) is 14.5. The zero-order valence-corrected chi connectivity index (χ0v) is 12.5. The first-order chi connectivity index (χ1) is 9.33. The van der Waals surface area contributed by atoms with Gasteiger partial charge in [-0.1, -0.05) is 12.1 Å². The molecule has 7 heteroatoms. The van der Waals surface area contributed by atoms with Gasteiger partial charge in [-0.2, -0.15) is 5.10 Å². The molecular formula is C13H18N4O2S. The summed E-state index contributed by atoms with van der Waals surface area (Å²) < 4.78 is 27.6. The number of nitrogens with one attached hydrogen (secondary N) is 2. The second-order valence-corrected chi connectivity index (χ2v) is 6.47. The lowest BCUT2D eigenvalue weighted by molar-refractivity contribution is 0.566. The standard InChI is InChI=1S/C13H18N4O2S/c1-8-4-5-9(2)13(12(8)14)20(18,19)17-10(3)11-6-15-16-7-11/h4-7,10,17H,14H2,1-3H3,(H,15,16). The number of hydrogen-bond donors (Lipinski definition) is 3. The van der Waals surface area contributed by atoms with Crippen molar-refractivity contribution in [2.75, 3.05) is 5.73 Å². The number of H-pyrrole nitrogens is 1. The minimum atomic E-state index is -3.69. The molecule has 2 aromatic rings. The van der Waals surface area contributed by atoms with E-state index in [2.05, 4.69) is 14.9 Å². The van der Waals surface area contributed by atoms with Crippen molar-refractivity contribution in [3.05, 3.63) is 41.2 Å². The average Bonchev–Trinajstić information content (AvgIpc) is 2.87. The predicted molar refractivity (Wildman–Crippen MR) is 77.7 cm³/mol. The number of benzene rings is 1. The van der Waals surface area contributed by atoms with Crippen molar-refractivity contribution in [3.8, 4) is 0 Å². The average molecular weight is 294 g/mol. The highest BCUT2D eigenvalue weighted by atomic mass is 32.2. The summed E-state index contributed by atoms with van der Waals surface area (Å²) >= 11 is 0. The molecule has 0 aliphatic heterocycles. The van der Waals surface area contributed by atoms with E-state index >= 15 is 0 Å². The molecule has 0 aliphatic carbocycles. The van der Waals surface area contributed by atoms with Gasteiger partial charge < -0.3 is 5.73 Å². The Hall–Kier alpha value is -1.86. The largest absolute Gasteiger partial charge is 0.397 e. The lowest BCUT2D eigenvalue weighted by Gasteiger charge is -2.16. The second-order valence-electron chi connectivity index (χ2n) is 4.82. The third kappa shape index (κ3) is 2.68. The molecule has 1 aromatic heterocycles. The fourth-order valence-electron chi connectivity index (χ4n) is 2.02. The molecule has 0 aliphatic rings. The van der Waals surface area contributed by atoms with E-state index in [1.165, 1.54) is 0 Å². The van der Waals surface area contributed by atoms with Gasteiger partial charge in [0, 0.05) is 17.8 Å². The quantitative estimate of drug-likeness (QED) is 0.746. The number of aromatic nitrogens is 2. The number of nitrogen functional groups attached to an aromatic ring is 1. The van der Waals surface area contributed by atoms with Crippen molar-refractivity contribution in [1.82, 2.24) is 14.9 Å². The van der Waals surface area contributed by atoms with Crippen molar-refractivity contribution in [1.29, 1.82) is 0 Å². The number of nitrogens with two attached hydrogens (primary N) is 1. The van der Waals surface area contributed by atoms with Gasteiger partial charge in [-0.05, 0) is 31.9 Å². The molecule has 2 rings (SSSR count). The van der Waals surface area contributed by atoms with Gasteiger partial charge in [0.15, 0.2) is 0 Å². The molecule has 6 nitrogen and oxygen atoms in total. The van der Waals surface area contributed by atoms with E-state index in [1.54, 1.807) is 39.2 Å². The van der Waals surface area contributed by atoms with E-state index in [1.807, 2.05) is 6.07 Å². The van der Waals surface area contributed by atoms with Crippen molar-refractivity contribution in [2.45, 2.75) is 31.7 Å². The van der Waals surface area contributed by atoms with E-state index in [0.717, 1.165) is 11.1 Å². The molecule has 0 amide bonds. The Labute approximate surface area is 118 Å². The maximum absolute atomic E-state index is 12.5.